The summed E-state index contributed by atoms with van der Waals surface area (Å²) in [5.41, 5.74) is 5.33. The van der Waals surface area contributed by atoms with Crippen LogP contribution in [0.3, 0.4) is 0 Å². The summed E-state index contributed by atoms with van der Waals surface area (Å²) in [5, 5.41) is 1.18. The minimum Gasteiger partial charge on any atom is -0.274 e. The summed E-state index contributed by atoms with van der Waals surface area (Å²) in [7, 11) is 1.34. The van der Waals surface area contributed by atoms with Gasteiger partial charge in [0.05, 0.1) is 7.11 Å². The number of rotatable bonds is 5. The highest BCUT2D eigenvalue weighted by Gasteiger charge is 2.41. The molecule has 0 atom stereocenters. The molecule has 0 fully saturated rings. The summed E-state index contributed by atoms with van der Waals surface area (Å²) < 4.78 is 0. The van der Waals surface area contributed by atoms with E-state index in [-0.39, 0.29) is 5.91 Å². The van der Waals surface area contributed by atoms with E-state index in [0.29, 0.717) is 16.6 Å². The van der Waals surface area contributed by atoms with Crippen LogP contribution in [0.2, 0.25) is 16.6 Å². The van der Waals surface area contributed by atoms with Gasteiger partial charge in [0.25, 0.3) is 5.91 Å². The second-order valence-electron chi connectivity index (χ2n) is 6.02. The molecule has 0 unspecified atom stereocenters. The highest BCUT2D eigenvalue weighted by atomic mass is 28.3. The number of amides is 1. The van der Waals surface area contributed by atoms with E-state index in [0.717, 1.165) is 0 Å². The van der Waals surface area contributed by atoms with Crippen LogP contribution >= 0.6 is 0 Å². The molecule has 0 heterocycles. The van der Waals surface area contributed by atoms with Gasteiger partial charge in [0, 0.05) is 13.1 Å². The number of nitrogens with zero attached hydrogens (tertiary/aromatic N) is 1. The lowest BCUT2D eigenvalue weighted by atomic mass is 10.5. The zero-order chi connectivity index (χ0) is 15.9. The molecule has 0 aliphatic carbocycles. The summed E-state index contributed by atoms with van der Waals surface area (Å²) in [4.78, 5) is 16.4. The van der Waals surface area contributed by atoms with Crippen molar-refractivity contribution in [1.29, 1.82) is 0 Å². The maximum Gasteiger partial charge on any atom is 0.270 e. The Morgan fingerprint density at radius 3 is 1.90 bits per heavy atom. The van der Waals surface area contributed by atoms with Crippen LogP contribution in [0.5, 0.6) is 0 Å². The monoisotopic (exact) mass is 295 g/mol. The lowest BCUT2D eigenvalue weighted by Crippen LogP contribution is -2.43. The highest BCUT2D eigenvalue weighted by molar-refractivity contribution is 6.90. The van der Waals surface area contributed by atoms with Crippen molar-refractivity contribution in [2.45, 2.75) is 58.2 Å². The van der Waals surface area contributed by atoms with Crippen LogP contribution in [-0.4, -0.2) is 33.2 Å². The molecule has 0 aliphatic rings. The second kappa shape index (κ2) is 8.28. The normalized spacial score (nSPS) is 12.2. The average Bonchev–Trinajstić information content (AvgIpc) is 2.35. The summed E-state index contributed by atoms with van der Waals surface area (Å²) >= 11 is 0. The van der Waals surface area contributed by atoms with Gasteiger partial charge >= 0.3 is 0 Å². The van der Waals surface area contributed by atoms with Crippen molar-refractivity contribution in [3.63, 3.8) is 0 Å². The number of allylic oxidation sites excluding steroid dienone is 1. The Labute approximate surface area is 125 Å². The molecule has 0 aromatic rings. The van der Waals surface area contributed by atoms with E-state index in [2.05, 4.69) is 53.0 Å². The molecule has 0 aromatic carbocycles. The highest BCUT2D eigenvalue weighted by Crippen LogP contribution is 2.40. The maximum atomic E-state index is 11.6. The van der Waals surface area contributed by atoms with Gasteiger partial charge in [-0.25, -0.2) is 5.06 Å². The fourth-order valence-corrected chi connectivity index (χ4v) is 8.11. The third-order valence-electron chi connectivity index (χ3n) is 4.05. The van der Waals surface area contributed by atoms with E-state index >= 15 is 0 Å². The topological polar surface area (TPSA) is 29.5 Å². The zero-order valence-corrected chi connectivity index (χ0v) is 15.2. The molecule has 0 saturated heterocycles. The van der Waals surface area contributed by atoms with Crippen molar-refractivity contribution in [3.05, 3.63) is 12.2 Å². The third-order valence-corrected chi connectivity index (χ3v) is 10.4. The van der Waals surface area contributed by atoms with E-state index in [9.17, 15) is 4.79 Å². The van der Waals surface area contributed by atoms with Gasteiger partial charge in [-0.15, -0.1) is 5.54 Å². The van der Waals surface area contributed by atoms with Crippen molar-refractivity contribution >= 4 is 14.0 Å². The Balaban J connectivity index is 5.18. The smallest absolute Gasteiger partial charge is 0.270 e. The number of carbonyl (C=O) groups excluding carboxylic acids is 1. The van der Waals surface area contributed by atoms with Crippen LogP contribution in [-0.2, 0) is 9.63 Å². The predicted molar refractivity (Wildman–Crippen MR) is 87.7 cm³/mol. The first-order chi connectivity index (χ1) is 9.20. The molecule has 0 bridgehead atoms. The minimum absolute atomic E-state index is 0.201. The lowest BCUT2D eigenvalue weighted by Gasteiger charge is -2.37. The lowest BCUT2D eigenvalue weighted by molar-refractivity contribution is -0.162. The molecule has 0 aliphatic heterocycles. The van der Waals surface area contributed by atoms with Gasteiger partial charge in [-0.3, -0.25) is 9.63 Å². The van der Waals surface area contributed by atoms with Crippen LogP contribution in [0.15, 0.2) is 12.2 Å². The zero-order valence-electron chi connectivity index (χ0n) is 14.2. The molecule has 20 heavy (non-hydrogen) atoms. The van der Waals surface area contributed by atoms with E-state index in [1.165, 1.54) is 18.2 Å². The van der Waals surface area contributed by atoms with Crippen molar-refractivity contribution < 1.29 is 9.63 Å². The van der Waals surface area contributed by atoms with E-state index < -0.39 is 8.07 Å². The molecule has 114 valence electrons. The summed E-state index contributed by atoms with van der Waals surface area (Å²) in [6, 6.07) is 0. The Morgan fingerprint density at radius 2 is 1.55 bits per heavy atom. The standard InChI is InChI=1S/C16H29NO2Si/c1-13(2)20(14(3)4,15(5)6)12-10-9-11-16(18)17(7)19-8/h9,11,13-15H,1-8H3/b11-9+. The van der Waals surface area contributed by atoms with Crippen LogP contribution in [0, 0.1) is 11.5 Å². The van der Waals surface area contributed by atoms with Crippen molar-refractivity contribution in [1.82, 2.24) is 5.06 Å². The van der Waals surface area contributed by atoms with Gasteiger partial charge in [0.15, 0.2) is 0 Å². The van der Waals surface area contributed by atoms with E-state index in [4.69, 9.17) is 4.84 Å². The Morgan fingerprint density at radius 1 is 1.10 bits per heavy atom. The third kappa shape index (κ3) is 4.50. The number of hydrogen-bond acceptors (Lipinski definition) is 2. The van der Waals surface area contributed by atoms with Crippen molar-refractivity contribution in [3.8, 4) is 11.5 Å². The first-order valence-corrected chi connectivity index (χ1v) is 9.44. The molecular weight excluding hydrogens is 266 g/mol. The van der Waals surface area contributed by atoms with Gasteiger partial charge in [-0.2, -0.15) is 0 Å². The summed E-state index contributed by atoms with van der Waals surface area (Å²) in [5.74, 6) is 2.91. The fraction of sp³-hybridized carbons (Fsp3) is 0.688. The largest absolute Gasteiger partial charge is 0.274 e. The van der Waals surface area contributed by atoms with Gasteiger partial charge in [-0.1, -0.05) is 47.5 Å². The Bertz CT molecular complexity index is 381. The van der Waals surface area contributed by atoms with Gasteiger partial charge in [0.2, 0.25) is 0 Å². The number of carbonyl (C=O) groups is 1. The van der Waals surface area contributed by atoms with Crippen molar-refractivity contribution in [2.75, 3.05) is 14.2 Å². The van der Waals surface area contributed by atoms with Crippen LogP contribution in [0.4, 0.5) is 0 Å². The molecular formula is C16H29NO2Si. The average molecular weight is 295 g/mol. The molecule has 0 rings (SSSR count). The molecule has 0 aromatic heterocycles. The minimum atomic E-state index is -1.70. The molecule has 0 radical (unpaired) electrons. The molecule has 0 N–H and O–H groups in total. The first-order valence-electron chi connectivity index (χ1n) is 7.21. The van der Waals surface area contributed by atoms with Gasteiger partial charge < -0.3 is 0 Å². The second-order valence-corrected chi connectivity index (χ2v) is 11.6. The first kappa shape index (κ1) is 18.9. The molecule has 0 spiro atoms. The quantitative estimate of drug-likeness (QED) is 0.334. The van der Waals surface area contributed by atoms with Crippen LogP contribution < -0.4 is 0 Å². The van der Waals surface area contributed by atoms with Crippen molar-refractivity contribution in [2.24, 2.45) is 0 Å². The number of hydrogen-bond donors (Lipinski definition) is 0. The number of likely N-dealkylation sites (N-methyl/N-ethyl adjacent to an activating group) is 1. The van der Waals surface area contributed by atoms with Gasteiger partial charge in [-0.05, 0) is 22.7 Å². The van der Waals surface area contributed by atoms with Crippen LogP contribution in [0.1, 0.15) is 41.5 Å². The predicted octanol–water partition coefficient (Wildman–Crippen LogP) is 3.78. The summed E-state index contributed by atoms with van der Waals surface area (Å²) in [6.07, 6.45) is 3.10. The maximum absolute atomic E-state index is 11.6. The fourth-order valence-electron chi connectivity index (χ4n) is 2.91. The van der Waals surface area contributed by atoms with E-state index in [1.807, 2.05) is 0 Å². The molecule has 1 amide bonds. The number of hydroxylamine groups is 2. The van der Waals surface area contributed by atoms with Gasteiger partial charge in [0.1, 0.15) is 8.07 Å². The molecule has 3 nitrogen and oxygen atoms in total. The SMILES string of the molecule is CON(C)C(=O)/C=C/C#C[Si](C(C)C)(C(C)C)C(C)C. The van der Waals surface area contributed by atoms with Crippen LogP contribution in [0.25, 0.3) is 0 Å². The Kier molecular flexibility index (Phi) is 7.85. The Hall–Kier alpha value is -1.05. The molecule has 4 heteroatoms. The van der Waals surface area contributed by atoms with E-state index in [1.54, 1.807) is 13.1 Å². The molecule has 0 saturated carbocycles. The summed E-state index contributed by atoms with van der Waals surface area (Å²) in [6.45, 7) is 13.6.